The zero-order valence-electron chi connectivity index (χ0n) is 57.5. The van der Waals surface area contributed by atoms with Gasteiger partial charge in [0.15, 0.2) is 5.78 Å². The number of likely N-dealkylation sites (tertiary alicyclic amines) is 3. The number of aryl methyl sites for hydroxylation is 2. The van der Waals surface area contributed by atoms with Crippen LogP contribution in [0, 0.1) is 18.8 Å². The topological polar surface area (TPSA) is 234 Å². The van der Waals surface area contributed by atoms with Crippen molar-refractivity contribution in [3.8, 4) is 0 Å². The number of ketones is 1. The number of anilines is 2. The van der Waals surface area contributed by atoms with E-state index >= 15 is 0 Å². The van der Waals surface area contributed by atoms with Gasteiger partial charge in [-0.15, -0.1) is 22.7 Å². The van der Waals surface area contributed by atoms with Gasteiger partial charge in [-0.05, 0) is 167 Å². The molecule has 8 aromatic rings. The minimum absolute atomic E-state index is 0.00388. The fraction of sp³-hybridized carbons (Fsp3) is 0.520. The summed E-state index contributed by atoms with van der Waals surface area (Å²) in [6, 6.07) is 19.4. The first kappa shape index (κ1) is 75.2. The summed E-state index contributed by atoms with van der Waals surface area (Å²) in [6.45, 7) is 8.91. The first-order chi connectivity index (χ1) is 49.2. The van der Waals surface area contributed by atoms with Crippen LogP contribution < -0.4 is 21.3 Å². The average molecular weight is 1470 g/mol. The zero-order valence-corrected chi connectivity index (χ0v) is 59.2. The van der Waals surface area contributed by atoms with Crippen molar-refractivity contribution in [2.24, 2.45) is 11.8 Å². The standard InChI is InChI=1S/C25H31F5N4O2.C25H27F3N4O2S.C25H30N4O2S/c1-2-21(35)16-4-7-19(8-5-16)34-13-18(14-34)33-22(36)12-32-23-20-11-17(24(26,27)25(28,29)30)6-3-15(20)9-10-31-23;26-25(27,28)18-2-1-17-5-8-30-23(21(17)10-18)31-11-20(33)9-16-13-32(14-16)19-3-6-24(34,7-4-19)22-12-29-15-35-22;1-17-2-3-18-8-11-27-22(21(18)12-17)4-5-24(30)28-19-14-29(15-19)20-6-9-25(31,10-7-20)23-13-26-16-32-23/h3,6,9-11,16,18-19,21,35H,2,4-5,7-8,12-14H2,1H3,(H,31,32)(H,33,36);1-2,5,8,10,12,15-16,19,34H,3-4,6-7,9,11,13-14H2,(H,30,31);2-3,8,11-13,16,19-20,31H,4-7,9-10,14-15H2,1H3,(H,28,30). The lowest BCUT2D eigenvalue weighted by Crippen LogP contribution is -2.63. The number of hydrogen-bond acceptors (Lipinski definition) is 18. The van der Waals surface area contributed by atoms with E-state index in [1.807, 2.05) is 19.2 Å². The van der Waals surface area contributed by atoms with E-state index in [-0.39, 0.29) is 71.8 Å². The molecular formula is C75H88F8N12O6S2. The number of alkyl halides is 8. The van der Waals surface area contributed by atoms with E-state index in [0.717, 1.165) is 168 Å². The molecule has 18 nitrogen and oxygen atoms in total. The van der Waals surface area contributed by atoms with E-state index in [4.69, 9.17) is 0 Å². The molecule has 103 heavy (non-hydrogen) atoms. The predicted molar refractivity (Wildman–Crippen MR) is 380 cm³/mol. The Kier molecular flexibility index (Phi) is 23.5. The van der Waals surface area contributed by atoms with E-state index < -0.39 is 40.6 Å². The van der Waals surface area contributed by atoms with Crippen molar-refractivity contribution in [1.82, 2.24) is 50.3 Å². The number of aromatic nitrogens is 5. The Morgan fingerprint density at radius 2 is 1.06 bits per heavy atom. The Morgan fingerprint density at radius 3 is 1.57 bits per heavy atom. The van der Waals surface area contributed by atoms with Crippen LogP contribution in [0.2, 0.25) is 0 Å². The summed E-state index contributed by atoms with van der Waals surface area (Å²) in [6.07, 6.45) is 11.1. The summed E-state index contributed by atoms with van der Waals surface area (Å²) in [5, 5.41) is 47.5. The molecule has 3 aromatic carbocycles. The number of hydrogen-bond donors (Lipinski definition) is 7. The maximum absolute atomic E-state index is 13.8. The number of carbonyl (C=O) groups excluding carboxylic acids is 3. The van der Waals surface area contributed by atoms with E-state index in [1.54, 1.807) is 40.8 Å². The number of benzene rings is 3. The summed E-state index contributed by atoms with van der Waals surface area (Å²) in [4.78, 5) is 67.5. The number of fused-ring (bicyclic) bond motifs is 3. The highest BCUT2D eigenvalue weighted by molar-refractivity contribution is 7.10. The van der Waals surface area contributed by atoms with Crippen LogP contribution in [0.15, 0.2) is 115 Å². The molecule has 6 fully saturated rings. The smallest absolute Gasteiger partial charge is 0.393 e. The van der Waals surface area contributed by atoms with E-state index in [9.17, 15) is 64.8 Å². The average Bonchev–Trinajstić information content (AvgIpc) is 1.16. The van der Waals surface area contributed by atoms with Crippen LogP contribution in [0.25, 0.3) is 32.3 Å². The SMILES string of the molecule is CCC(O)C1CCC(N2CC(NC(=O)CNc3nccc4ccc(C(F)(F)C(F)(F)F)cc34)C2)CC1.Cc1ccc2ccnc(CCC(=O)NC3CN(C4CCC(O)(c5cncs5)CC4)C3)c2c1.O=C(CNc1nccc2ccc(C(F)(F)F)cc12)CC1CN(C2CCC(O)(c3cncs3)CC2)C1. The van der Waals surface area contributed by atoms with Gasteiger partial charge in [-0.25, -0.2) is 9.97 Å². The first-order valence-electron chi connectivity index (χ1n) is 35.6. The monoisotopic (exact) mass is 1470 g/mol. The number of rotatable bonds is 21. The molecule has 8 heterocycles. The van der Waals surface area contributed by atoms with Crippen molar-refractivity contribution in [2.75, 3.05) is 63.0 Å². The molecule has 6 aliphatic rings. The maximum Gasteiger partial charge on any atom is 0.458 e. The van der Waals surface area contributed by atoms with Crippen LogP contribution >= 0.6 is 22.7 Å². The number of carbonyl (C=O) groups is 3. The fourth-order valence-corrected chi connectivity index (χ4v) is 17.1. The lowest BCUT2D eigenvalue weighted by atomic mass is 9.79. The molecule has 28 heteroatoms. The molecule has 14 rings (SSSR count). The van der Waals surface area contributed by atoms with Gasteiger partial charge in [0.25, 0.3) is 0 Å². The van der Waals surface area contributed by atoms with Gasteiger partial charge in [0.1, 0.15) is 22.8 Å². The predicted octanol–water partition coefficient (Wildman–Crippen LogP) is 12.8. The summed E-state index contributed by atoms with van der Waals surface area (Å²) < 4.78 is 105. The summed E-state index contributed by atoms with van der Waals surface area (Å²) in [5.74, 6) is -4.21. The molecule has 5 aromatic heterocycles. The van der Waals surface area contributed by atoms with Gasteiger partial charge >= 0.3 is 18.3 Å². The molecule has 2 amide bonds. The number of nitrogens with one attached hydrogen (secondary N) is 4. The lowest BCUT2D eigenvalue weighted by molar-refractivity contribution is -0.289. The highest BCUT2D eigenvalue weighted by Gasteiger charge is 2.59. The Hall–Kier alpha value is -7.44. The molecule has 3 saturated carbocycles. The van der Waals surface area contributed by atoms with E-state index in [1.165, 1.54) is 52.9 Å². The van der Waals surface area contributed by atoms with Crippen molar-refractivity contribution in [3.05, 3.63) is 147 Å². The van der Waals surface area contributed by atoms with Crippen molar-refractivity contribution >= 4 is 84.2 Å². The van der Waals surface area contributed by atoms with E-state index in [0.29, 0.717) is 59.5 Å². The van der Waals surface area contributed by atoms with Crippen LogP contribution in [0.4, 0.5) is 46.8 Å². The minimum Gasteiger partial charge on any atom is -0.393 e. The normalized spacial score (nSPS) is 23.6. The number of Topliss-reactive ketones (excluding diaryl/α,β-unsaturated/α-hetero) is 1. The number of aliphatic hydroxyl groups is 3. The number of halogens is 8. The maximum atomic E-state index is 13.8. The van der Waals surface area contributed by atoms with Crippen LogP contribution in [0.5, 0.6) is 0 Å². The largest absolute Gasteiger partial charge is 0.458 e. The molecular weight excluding hydrogens is 1380 g/mol. The third-order valence-corrected chi connectivity index (χ3v) is 23.6. The van der Waals surface area contributed by atoms with E-state index in [2.05, 4.69) is 86.0 Å². The summed E-state index contributed by atoms with van der Waals surface area (Å²) in [5.41, 5.74) is 2.35. The Labute approximate surface area is 600 Å². The number of amides is 2. The molecule has 3 aliphatic carbocycles. The van der Waals surface area contributed by atoms with Gasteiger partial charge in [-0.3, -0.25) is 44.0 Å². The van der Waals surface area contributed by atoms with Gasteiger partial charge in [0, 0.05) is 129 Å². The Morgan fingerprint density at radius 1 is 0.583 bits per heavy atom. The highest BCUT2D eigenvalue weighted by Crippen LogP contribution is 2.46. The minimum atomic E-state index is -5.72. The summed E-state index contributed by atoms with van der Waals surface area (Å²) in [7, 11) is 0. The van der Waals surface area contributed by atoms with Crippen molar-refractivity contribution in [3.63, 3.8) is 0 Å². The van der Waals surface area contributed by atoms with Crippen LogP contribution in [0.1, 0.15) is 135 Å². The second kappa shape index (κ2) is 32.1. The molecule has 3 aliphatic heterocycles. The van der Waals surface area contributed by atoms with Gasteiger partial charge in [0.05, 0.1) is 57.6 Å². The second-order valence-corrected chi connectivity index (χ2v) is 30.5. The van der Waals surface area contributed by atoms with Gasteiger partial charge in [0.2, 0.25) is 11.8 Å². The van der Waals surface area contributed by atoms with Crippen LogP contribution in [0.3, 0.4) is 0 Å². The highest BCUT2D eigenvalue weighted by atomic mass is 32.1. The molecule has 0 spiro atoms. The Bertz CT molecular complexity index is 4190. The van der Waals surface area contributed by atoms with Crippen molar-refractivity contribution < 1.29 is 64.8 Å². The van der Waals surface area contributed by atoms with Crippen LogP contribution in [-0.2, 0) is 44.1 Å². The second-order valence-electron chi connectivity index (χ2n) is 28.8. The molecule has 1 atom stereocenters. The number of nitrogens with zero attached hydrogens (tertiary/aromatic N) is 8. The van der Waals surface area contributed by atoms with Crippen LogP contribution in [-0.4, -0.2) is 167 Å². The molecule has 7 N–H and O–H groups in total. The zero-order chi connectivity index (χ0) is 72.8. The lowest BCUT2D eigenvalue weighted by Gasteiger charge is -2.48. The van der Waals surface area contributed by atoms with Gasteiger partial charge in [-0.2, -0.15) is 35.1 Å². The van der Waals surface area contributed by atoms with Gasteiger partial charge < -0.3 is 36.6 Å². The summed E-state index contributed by atoms with van der Waals surface area (Å²) >= 11 is 3.04. The van der Waals surface area contributed by atoms with Gasteiger partial charge in [-0.1, -0.05) is 42.8 Å². The number of pyridine rings is 3. The molecule has 3 saturated heterocycles. The third kappa shape index (κ3) is 18.1. The molecule has 0 bridgehead atoms. The quantitative estimate of drug-likeness (QED) is 0.0331. The molecule has 552 valence electrons. The molecule has 0 radical (unpaired) electrons. The van der Waals surface area contributed by atoms with Crippen molar-refractivity contribution in [1.29, 1.82) is 0 Å². The Balaban J connectivity index is 0.000000146. The third-order valence-electron chi connectivity index (χ3n) is 21.7. The molecule has 1 unspecified atom stereocenters. The van der Waals surface area contributed by atoms with Crippen molar-refractivity contribution in [2.45, 2.75) is 182 Å². The fourth-order valence-electron chi connectivity index (χ4n) is 15.5. The first-order valence-corrected chi connectivity index (χ1v) is 37.3. The number of thiazole rings is 2. The number of aliphatic hydroxyl groups excluding tert-OH is 1.